The molecule has 0 spiro atoms. The third kappa shape index (κ3) is 3.63. The topological polar surface area (TPSA) is 9.23 Å². The molecule has 1 nitrogen and oxygen atoms in total. The Bertz CT molecular complexity index is 336. The molecule has 1 aromatic carbocycles. The van der Waals surface area contributed by atoms with Gasteiger partial charge < -0.3 is 4.74 Å². The third-order valence-electron chi connectivity index (χ3n) is 1.79. The molecule has 0 radical (unpaired) electrons. The lowest BCUT2D eigenvalue weighted by Crippen LogP contribution is -2.18. The predicted octanol–water partition coefficient (Wildman–Crippen LogP) is 4.19. The lowest BCUT2D eigenvalue weighted by atomic mass is 10.1. The van der Waals surface area contributed by atoms with Gasteiger partial charge in [0.2, 0.25) is 0 Å². The van der Waals surface area contributed by atoms with E-state index in [1.165, 1.54) is 6.07 Å². The number of rotatable bonds is 3. The van der Waals surface area contributed by atoms with Crippen LogP contribution >= 0.6 is 11.6 Å². The van der Waals surface area contributed by atoms with Gasteiger partial charge in [-0.25, -0.2) is 0 Å². The molecular weight excluding hydrogens is 229 g/mol. The summed E-state index contributed by atoms with van der Waals surface area (Å²) in [5.41, 5.74) is 0.474. The Morgan fingerprint density at radius 3 is 2.53 bits per heavy atom. The summed E-state index contributed by atoms with van der Waals surface area (Å²) in [6.45, 7) is 1.87. The van der Waals surface area contributed by atoms with E-state index in [1.54, 1.807) is 12.1 Å². The zero-order valence-electron chi connectivity index (χ0n) is 8.07. The molecule has 1 rings (SSSR count). The normalized spacial score (nSPS) is 11.5. The highest BCUT2D eigenvalue weighted by atomic mass is 35.5. The molecule has 0 aliphatic heterocycles. The summed E-state index contributed by atoms with van der Waals surface area (Å²) >= 11 is 5.65. The molecule has 0 saturated heterocycles. The number of ether oxygens (including phenoxy) is 1. The third-order valence-corrected chi connectivity index (χ3v) is 2.08. The van der Waals surface area contributed by atoms with E-state index in [1.807, 2.05) is 6.92 Å². The van der Waals surface area contributed by atoms with Gasteiger partial charge in [-0.15, -0.1) is 13.2 Å². The van der Waals surface area contributed by atoms with Crippen molar-refractivity contribution in [3.63, 3.8) is 0 Å². The van der Waals surface area contributed by atoms with Gasteiger partial charge in [0.15, 0.2) is 5.75 Å². The van der Waals surface area contributed by atoms with Crippen LogP contribution < -0.4 is 4.74 Å². The number of hydrogen-bond acceptors (Lipinski definition) is 1. The summed E-state index contributed by atoms with van der Waals surface area (Å²) in [7, 11) is 0. The van der Waals surface area contributed by atoms with Crippen LogP contribution in [-0.4, -0.2) is 6.36 Å². The lowest BCUT2D eigenvalue weighted by molar-refractivity contribution is -0.274. The molecule has 0 aliphatic carbocycles. The quantitative estimate of drug-likeness (QED) is 0.767. The van der Waals surface area contributed by atoms with E-state index in [4.69, 9.17) is 11.6 Å². The van der Waals surface area contributed by atoms with Crippen LogP contribution in [0.2, 0.25) is 5.02 Å². The summed E-state index contributed by atoms with van der Waals surface area (Å²) in [6.07, 6.45) is -3.46. The van der Waals surface area contributed by atoms with E-state index in [2.05, 4.69) is 4.74 Å². The molecule has 0 fully saturated rings. The maximum atomic E-state index is 12.1. The fourth-order valence-corrected chi connectivity index (χ4v) is 1.48. The van der Waals surface area contributed by atoms with Crippen LogP contribution in [0, 0.1) is 0 Å². The Morgan fingerprint density at radius 1 is 1.33 bits per heavy atom. The molecule has 0 N–H and O–H groups in total. The van der Waals surface area contributed by atoms with E-state index in [9.17, 15) is 13.2 Å². The standard InChI is InChI=1S/C10H10ClF3O/c1-2-4-7-5-3-6-8(11)9(7)15-10(12,13)14/h3,5-6H,2,4H2,1H3. The molecule has 84 valence electrons. The highest BCUT2D eigenvalue weighted by Gasteiger charge is 2.32. The van der Waals surface area contributed by atoms with E-state index < -0.39 is 6.36 Å². The van der Waals surface area contributed by atoms with Gasteiger partial charge in [0.05, 0.1) is 5.02 Å². The molecule has 0 aliphatic rings. The van der Waals surface area contributed by atoms with E-state index >= 15 is 0 Å². The Hall–Kier alpha value is -0.900. The molecule has 0 heterocycles. The second-order valence-corrected chi connectivity index (χ2v) is 3.43. The van der Waals surface area contributed by atoms with Crippen LogP contribution in [0.15, 0.2) is 18.2 Å². The minimum absolute atomic E-state index is 0.0155. The first-order valence-electron chi connectivity index (χ1n) is 4.47. The molecule has 0 amide bonds. The van der Waals surface area contributed by atoms with Crippen LogP contribution in [0.5, 0.6) is 5.75 Å². The fraction of sp³-hybridized carbons (Fsp3) is 0.400. The van der Waals surface area contributed by atoms with Gasteiger partial charge in [-0.3, -0.25) is 0 Å². The molecular formula is C10H10ClF3O. The Kier molecular flexibility index (Phi) is 3.85. The van der Waals surface area contributed by atoms with E-state index in [0.29, 0.717) is 12.0 Å². The van der Waals surface area contributed by atoms with Gasteiger partial charge in [0.1, 0.15) is 0 Å². The average Bonchev–Trinajstić information content (AvgIpc) is 2.10. The van der Waals surface area contributed by atoms with Crippen molar-refractivity contribution >= 4 is 11.6 Å². The number of halogens is 4. The number of para-hydroxylation sites is 1. The van der Waals surface area contributed by atoms with Gasteiger partial charge in [0, 0.05) is 0 Å². The first-order valence-corrected chi connectivity index (χ1v) is 4.85. The Balaban J connectivity index is 3.02. The molecule has 0 aromatic heterocycles. The maximum Gasteiger partial charge on any atom is 0.573 e. The summed E-state index contributed by atoms with van der Waals surface area (Å²) in [4.78, 5) is 0. The van der Waals surface area contributed by atoms with Crippen molar-refractivity contribution in [2.24, 2.45) is 0 Å². The lowest BCUT2D eigenvalue weighted by Gasteiger charge is -2.14. The van der Waals surface area contributed by atoms with Gasteiger partial charge in [-0.1, -0.05) is 37.1 Å². The number of hydrogen-bond donors (Lipinski definition) is 0. The maximum absolute atomic E-state index is 12.1. The summed E-state index contributed by atoms with van der Waals surface area (Å²) in [5.74, 6) is -0.284. The fourth-order valence-electron chi connectivity index (χ4n) is 1.25. The number of alkyl halides is 3. The summed E-state index contributed by atoms with van der Waals surface area (Å²) in [6, 6.07) is 4.56. The molecule has 5 heteroatoms. The highest BCUT2D eigenvalue weighted by molar-refractivity contribution is 6.32. The zero-order chi connectivity index (χ0) is 11.5. The van der Waals surface area contributed by atoms with Crippen LogP contribution in [-0.2, 0) is 6.42 Å². The largest absolute Gasteiger partial charge is 0.573 e. The first-order chi connectivity index (χ1) is 6.94. The zero-order valence-corrected chi connectivity index (χ0v) is 8.82. The smallest absolute Gasteiger partial charge is 0.404 e. The Morgan fingerprint density at radius 2 is 2.00 bits per heavy atom. The monoisotopic (exact) mass is 238 g/mol. The van der Waals surface area contributed by atoms with Crippen LogP contribution in [0.4, 0.5) is 13.2 Å². The minimum Gasteiger partial charge on any atom is -0.404 e. The summed E-state index contributed by atoms with van der Waals surface area (Å²) in [5, 5.41) is -0.0155. The number of aryl methyl sites for hydroxylation is 1. The SMILES string of the molecule is CCCc1cccc(Cl)c1OC(F)(F)F. The van der Waals surface area contributed by atoms with Crippen molar-refractivity contribution < 1.29 is 17.9 Å². The van der Waals surface area contributed by atoms with Crippen molar-refractivity contribution in [2.75, 3.05) is 0 Å². The molecule has 0 bridgehead atoms. The van der Waals surface area contributed by atoms with Crippen LogP contribution in [0.3, 0.4) is 0 Å². The molecule has 15 heavy (non-hydrogen) atoms. The molecule has 1 aromatic rings. The predicted molar refractivity (Wildman–Crippen MR) is 52.1 cm³/mol. The van der Waals surface area contributed by atoms with Crippen molar-refractivity contribution in [3.8, 4) is 5.75 Å². The van der Waals surface area contributed by atoms with Crippen LogP contribution in [0.1, 0.15) is 18.9 Å². The summed E-state index contributed by atoms with van der Waals surface area (Å²) < 4.78 is 40.1. The van der Waals surface area contributed by atoms with Crippen molar-refractivity contribution in [1.82, 2.24) is 0 Å². The van der Waals surface area contributed by atoms with Gasteiger partial charge >= 0.3 is 6.36 Å². The van der Waals surface area contributed by atoms with E-state index in [-0.39, 0.29) is 10.8 Å². The number of benzene rings is 1. The second kappa shape index (κ2) is 4.75. The van der Waals surface area contributed by atoms with Gasteiger partial charge in [-0.2, -0.15) is 0 Å². The second-order valence-electron chi connectivity index (χ2n) is 3.03. The molecule has 0 atom stereocenters. The molecule has 0 saturated carbocycles. The first kappa shape index (κ1) is 12.2. The van der Waals surface area contributed by atoms with E-state index in [0.717, 1.165) is 6.42 Å². The Labute approximate surface area is 90.8 Å². The molecule has 0 unspecified atom stereocenters. The van der Waals surface area contributed by atoms with Crippen molar-refractivity contribution in [2.45, 2.75) is 26.1 Å². The van der Waals surface area contributed by atoms with Gasteiger partial charge in [0.25, 0.3) is 0 Å². The minimum atomic E-state index is -4.70. The average molecular weight is 239 g/mol. The van der Waals surface area contributed by atoms with Crippen molar-refractivity contribution in [1.29, 1.82) is 0 Å². The van der Waals surface area contributed by atoms with Gasteiger partial charge in [-0.05, 0) is 18.1 Å². The van der Waals surface area contributed by atoms with Crippen LogP contribution in [0.25, 0.3) is 0 Å². The highest BCUT2D eigenvalue weighted by Crippen LogP contribution is 2.33. The van der Waals surface area contributed by atoms with Crippen molar-refractivity contribution in [3.05, 3.63) is 28.8 Å².